The van der Waals surface area contributed by atoms with Crippen LogP contribution in [-0.4, -0.2) is 76.6 Å². The first-order valence-corrected chi connectivity index (χ1v) is 12.2. The van der Waals surface area contributed by atoms with Gasteiger partial charge < -0.3 is 14.8 Å². The van der Waals surface area contributed by atoms with Crippen LogP contribution in [0.15, 0.2) is 29.4 Å². The molecular formula is C23H30N6O3S. The first-order valence-electron chi connectivity index (χ1n) is 11.0. The summed E-state index contributed by atoms with van der Waals surface area (Å²) in [6.07, 6.45) is 2.17. The van der Waals surface area contributed by atoms with Crippen LogP contribution in [0.2, 0.25) is 0 Å². The van der Waals surface area contributed by atoms with Gasteiger partial charge in [-0.05, 0) is 37.8 Å². The summed E-state index contributed by atoms with van der Waals surface area (Å²) in [6, 6.07) is 8.10. The Morgan fingerprint density at radius 3 is 2.61 bits per heavy atom. The van der Waals surface area contributed by atoms with Gasteiger partial charge in [0.25, 0.3) is 5.78 Å². The molecule has 1 aliphatic heterocycles. The Labute approximate surface area is 197 Å². The van der Waals surface area contributed by atoms with Gasteiger partial charge in [-0.1, -0.05) is 23.9 Å². The third kappa shape index (κ3) is 5.29. The Hall–Kier alpha value is -2.69. The van der Waals surface area contributed by atoms with E-state index < -0.39 is 0 Å². The number of ether oxygens (including phenoxy) is 2. The second-order valence-corrected chi connectivity index (χ2v) is 8.76. The molecule has 0 unspecified atom stereocenters. The quantitative estimate of drug-likeness (QED) is 0.501. The Kier molecular flexibility index (Phi) is 7.46. The molecule has 2 aromatic heterocycles. The molecule has 176 valence electrons. The van der Waals surface area contributed by atoms with Gasteiger partial charge in [0.15, 0.2) is 0 Å². The number of methoxy groups -OCH3 is 1. The number of nitrogens with one attached hydrogen (secondary N) is 1. The summed E-state index contributed by atoms with van der Waals surface area (Å²) in [7, 11) is 1.66. The van der Waals surface area contributed by atoms with Crippen LogP contribution < -0.4 is 10.1 Å². The summed E-state index contributed by atoms with van der Waals surface area (Å²) in [5, 5.41) is 8.29. The Bertz CT molecular complexity index is 1110. The summed E-state index contributed by atoms with van der Waals surface area (Å²) < 4.78 is 12.5. The van der Waals surface area contributed by atoms with E-state index in [4.69, 9.17) is 9.47 Å². The molecule has 0 aliphatic carbocycles. The van der Waals surface area contributed by atoms with Crippen LogP contribution in [-0.2, 0) is 16.0 Å². The maximum absolute atomic E-state index is 13.0. The molecule has 1 atom stereocenters. The average Bonchev–Trinajstić information content (AvgIpc) is 3.26. The molecule has 4 rings (SSSR count). The van der Waals surface area contributed by atoms with E-state index in [1.165, 1.54) is 11.8 Å². The number of morpholine rings is 1. The number of thioether (sulfide) groups is 1. The SMILES string of the molecule is COc1ccc([C@H](CNC(=O)Cc2c(C)nc3nc(SC)nn3c2C)N2CCOCC2)cc1. The maximum Gasteiger partial charge on any atom is 0.253 e. The van der Waals surface area contributed by atoms with Crippen molar-refractivity contribution in [3.63, 3.8) is 0 Å². The molecule has 0 saturated carbocycles. The fourth-order valence-electron chi connectivity index (χ4n) is 4.14. The highest BCUT2D eigenvalue weighted by molar-refractivity contribution is 7.98. The number of amides is 1. The van der Waals surface area contributed by atoms with E-state index in [-0.39, 0.29) is 18.4 Å². The van der Waals surface area contributed by atoms with Crippen molar-refractivity contribution in [2.75, 3.05) is 46.2 Å². The van der Waals surface area contributed by atoms with E-state index >= 15 is 0 Å². The number of fused-ring (bicyclic) bond motifs is 1. The van der Waals surface area contributed by atoms with Crippen LogP contribution >= 0.6 is 11.8 Å². The lowest BCUT2D eigenvalue weighted by molar-refractivity contribution is -0.120. The van der Waals surface area contributed by atoms with Gasteiger partial charge in [-0.25, -0.2) is 9.50 Å². The van der Waals surface area contributed by atoms with Crippen molar-refractivity contribution in [1.29, 1.82) is 0 Å². The fraction of sp³-hybridized carbons (Fsp3) is 0.478. The van der Waals surface area contributed by atoms with Crippen molar-refractivity contribution in [3.8, 4) is 5.75 Å². The van der Waals surface area contributed by atoms with Crippen molar-refractivity contribution < 1.29 is 14.3 Å². The number of carbonyl (C=O) groups is 1. The monoisotopic (exact) mass is 470 g/mol. The number of nitrogens with zero attached hydrogens (tertiary/aromatic N) is 5. The van der Waals surface area contributed by atoms with Gasteiger partial charge in [0.1, 0.15) is 5.75 Å². The zero-order chi connectivity index (χ0) is 23.4. The van der Waals surface area contributed by atoms with Crippen LogP contribution in [0.3, 0.4) is 0 Å². The molecule has 10 heteroatoms. The number of aromatic nitrogens is 4. The van der Waals surface area contributed by atoms with E-state index in [0.717, 1.165) is 41.4 Å². The highest BCUT2D eigenvalue weighted by Gasteiger charge is 2.24. The molecule has 1 aromatic carbocycles. The minimum atomic E-state index is -0.0423. The molecular weight excluding hydrogens is 440 g/mol. The van der Waals surface area contributed by atoms with Crippen LogP contribution in [0.4, 0.5) is 0 Å². The number of hydrogen-bond donors (Lipinski definition) is 1. The fourth-order valence-corrected chi connectivity index (χ4v) is 4.48. The zero-order valence-corrected chi connectivity index (χ0v) is 20.3. The minimum Gasteiger partial charge on any atom is -0.497 e. The maximum atomic E-state index is 13.0. The highest BCUT2D eigenvalue weighted by Crippen LogP contribution is 2.24. The van der Waals surface area contributed by atoms with Crippen molar-refractivity contribution in [2.24, 2.45) is 0 Å². The van der Waals surface area contributed by atoms with Crippen molar-refractivity contribution in [1.82, 2.24) is 29.8 Å². The molecule has 0 radical (unpaired) electrons. The van der Waals surface area contributed by atoms with Gasteiger partial charge in [-0.3, -0.25) is 9.69 Å². The topological polar surface area (TPSA) is 93.9 Å². The van der Waals surface area contributed by atoms with Gasteiger partial charge >= 0.3 is 0 Å². The second-order valence-electron chi connectivity index (χ2n) is 7.99. The first-order chi connectivity index (χ1) is 16.0. The molecule has 33 heavy (non-hydrogen) atoms. The lowest BCUT2D eigenvalue weighted by atomic mass is 10.0. The van der Waals surface area contributed by atoms with E-state index in [1.54, 1.807) is 11.6 Å². The average molecular weight is 471 g/mol. The van der Waals surface area contributed by atoms with Crippen LogP contribution in [0.5, 0.6) is 5.75 Å². The number of carbonyl (C=O) groups excluding carboxylic acids is 1. The van der Waals surface area contributed by atoms with Crippen molar-refractivity contribution in [3.05, 3.63) is 46.8 Å². The van der Waals surface area contributed by atoms with Crippen molar-refractivity contribution >= 4 is 23.4 Å². The molecule has 3 heterocycles. The van der Waals surface area contributed by atoms with E-state index in [1.807, 2.05) is 32.2 Å². The molecule has 9 nitrogen and oxygen atoms in total. The normalized spacial score (nSPS) is 15.5. The van der Waals surface area contributed by atoms with Gasteiger partial charge in [-0.2, -0.15) is 4.98 Å². The Morgan fingerprint density at radius 1 is 1.21 bits per heavy atom. The van der Waals surface area contributed by atoms with Gasteiger partial charge in [-0.15, -0.1) is 5.10 Å². The van der Waals surface area contributed by atoms with Crippen molar-refractivity contribution in [2.45, 2.75) is 31.5 Å². The Balaban J connectivity index is 1.49. The lowest BCUT2D eigenvalue weighted by Crippen LogP contribution is -2.44. The first kappa shape index (κ1) is 23.5. The molecule has 1 saturated heterocycles. The number of benzene rings is 1. The summed E-state index contributed by atoms with van der Waals surface area (Å²) in [6.45, 7) is 7.43. The predicted molar refractivity (Wildman–Crippen MR) is 127 cm³/mol. The predicted octanol–water partition coefficient (Wildman–Crippen LogP) is 2.20. The molecule has 1 N–H and O–H groups in total. The molecule has 0 bridgehead atoms. The van der Waals surface area contributed by atoms with E-state index in [2.05, 4.69) is 37.4 Å². The second kappa shape index (κ2) is 10.5. The smallest absolute Gasteiger partial charge is 0.253 e. The number of hydrogen-bond acceptors (Lipinski definition) is 8. The zero-order valence-electron chi connectivity index (χ0n) is 19.5. The van der Waals surface area contributed by atoms with E-state index in [9.17, 15) is 4.79 Å². The molecule has 1 fully saturated rings. The van der Waals surface area contributed by atoms with Gasteiger partial charge in [0.2, 0.25) is 11.1 Å². The molecule has 1 amide bonds. The van der Waals surface area contributed by atoms with Crippen LogP contribution in [0.25, 0.3) is 5.78 Å². The minimum absolute atomic E-state index is 0.0423. The number of rotatable bonds is 8. The van der Waals surface area contributed by atoms with Gasteiger partial charge in [0.05, 0.1) is 32.8 Å². The molecule has 0 spiro atoms. The standard InChI is InChI=1S/C23H30N6O3S/c1-15-19(16(2)29-22(25-15)26-23(27-29)33-4)13-21(30)24-14-20(28-9-11-32-12-10-28)17-5-7-18(31-3)8-6-17/h5-8,20H,9-14H2,1-4H3,(H,24,30)/t20-/m0/s1. The van der Waals surface area contributed by atoms with Crippen LogP contribution in [0.1, 0.15) is 28.6 Å². The summed E-state index contributed by atoms with van der Waals surface area (Å²) in [5.41, 5.74) is 3.71. The largest absolute Gasteiger partial charge is 0.497 e. The number of aryl methyl sites for hydroxylation is 2. The summed E-state index contributed by atoms with van der Waals surface area (Å²) in [4.78, 5) is 24.3. The van der Waals surface area contributed by atoms with Crippen LogP contribution in [0, 0.1) is 13.8 Å². The molecule has 3 aromatic rings. The summed E-state index contributed by atoms with van der Waals surface area (Å²) in [5.74, 6) is 1.33. The molecule has 1 aliphatic rings. The van der Waals surface area contributed by atoms with Gasteiger partial charge in [0, 0.05) is 36.6 Å². The van der Waals surface area contributed by atoms with E-state index in [0.29, 0.717) is 30.7 Å². The third-order valence-corrected chi connectivity index (χ3v) is 6.57. The third-order valence-electron chi connectivity index (χ3n) is 6.03. The highest BCUT2D eigenvalue weighted by atomic mass is 32.2. The Morgan fingerprint density at radius 2 is 1.94 bits per heavy atom. The lowest BCUT2D eigenvalue weighted by Gasteiger charge is -2.35. The summed E-state index contributed by atoms with van der Waals surface area (Å²) >= 11 is 1.47.